The van der Waals surface area contributed by atoms with Gasteiger partial charge in [0.25, 0.3) is 5.91 Å². The first-order chi connectivity index (χ1) is 11.9. The number of rotatable bonds is 5. The van der Waals surface area contributed by atoms with E-state index < -0.39 is 12.1 Å². The molecule has 0 spiro atoms. The van der Waals surface area contributed by atoms with Gasteiger partial charge < -0.3 is 10.6 Å². The van der Waals surface area contributed by atoms with Gasteiger partial charge in [0.15, 0.2) is 0 Å². The van der Waals surface area contributed by atoms with Crippen LogP contribution in [0.15, 0.2) is 30.3 Å². The lowest BCUT2D eigenvalue weighted by atomic mass is 9.95. The Hall–Kier alpha value is -2.31. The van der Waals surface area contributed by atoms with Crippen molar-refractivity contribution >= 4 is 17.9 Å². The van der Waals surface area contributed by atoms with Gasteiger partial charge in [0.05, 0.1) is 0 Å². The van der Waals surface area contributed by atoms with E-state index in [2.05, 4.69) is 5.32 Å². The molecule has 0 radical (unpaired) electrons. The van der Waals surface area contributed by atoms with E-state index in [-0.39, 0.29) is 18.5 Å². The van der Waals surface area contributed by atoms with Crippen LogP contribution in [0.5, 0.6) is 0 Å². The molecule has 0 aliphatic heterocycles. The van der Waals surface area contributed by atoms with Crippen LogP contribution in [0.1, 0.15) is 48.0 Å². The largest absolute Gasteiger partial charge is 0.471 e. The first-order valence-electron chi connectivity index (χ1n) is 8.29. The predicted molar refractivity (Wildman–Crippen MR) is 88.9 cm³/mol. The van der Waals surface area contributed by atoms with Gasteiger partial charge in [0.2, 0.25) is 0 Å². The Bertz CT molecular complexity index is 635. The summed E-state index contributed by atoms with van der Waals surface area (Å²) in [5, 5.41) is 4.77. The van der Waals surface area contributed by atoms with Crippen molar-refractivity contribution in [3.05, 3.63) is 41.5 Å². The van der Waals surface area contributed by atoms with E-state index >= 15 is 0 Å². The number of hydrogen-bond donors (Lipinski definition) is 2. The van der Waals surface area contributed by atoms with E-state index in [1.165, 1.54) is 12.5 Å². The van der Waals surface area contributed by atoms with E-state index in [9.17, 15) is 22.8 Å². The van der Waals surface area contributed by atoms with Crippen molar-refractivity contribution in [3.63, 3.8) is 0 Å². The first kappa shape index (κ1) is 19.0. The van der Waals surface area contributed by atoms with E-state index in [4.69, 9.17) is 0 Å². The molecule has 0 saturated heterocycles. The molecule has 4 nitrogen and oxygen atoms in total. The van der Waals surface area contributed by atoms with Gasteiger partial charge in [-0.2, -0.15) is 13.2 Å². The molecule has 2 amide bonds. The zero-order chi connectivity index (χ0) is 18.3. The van der Waals surface area contributed by atoms with Crippen molar-refractivity contribution in [1.29, 1.82) is 0 Å². The molecule has 1 aliphatic rings. The minimum atomic E-state index is -4.88. The molecule has 2 N–H and O–H groups in total. The maximum absolute atomic E-state index is 12.3. The predicted octanol–water partition coefficient (Wildman–Crippen LogP) is 3.44. The first-order valence-corrected chi connectivity index (χ1v) is 8.29. The number of hydrogen-bond acceptors (Lipinski definition) is 2. The lowest BCUT2D eigenvalue weighted by molar-refractivity contribution is -0.173. The van der Waals surface area contributed by atoms with E-state index in [0.717, 1.165) is 25.7 Å². The monoisotopic (exact) mass is 354 g/mol. The van der Waals surface area contributed by atoms with Crippen molar-refractivity contribution in [2.45, 2.75) is 44.3 Å². The molecule has 1 fully saturated rings. The van der Waals surface area contributed by atoms with Crippen LogP contribution < -0.4 is 10.6 Å². The Labute approximate surface area is 144 Å². The Morgan fingerprint density at radius 2 is 1.88 bits per heavy atom. The Morgan fingerprint density at radius 1 is 1.16 bits per heavy atom. The molecule has 1 aliphatic carbocycles. The second-order valence-corrected chi connectivity index (χ2v) is 6.04. The highest BCUT2D eigenvalue weighted by molar-refractivity contribution is 5.95. The highest BCUT2D eigenvalue weighted by Gasteiger charge is 2.37. The summed E-state index contributed by atoms with van der Waals surface area (Å²) in [7, 11) is 0. The molecule has 2 rings (SSSR count). The molecule has 25 heavy (non-hydrogen) atoms. The SMILES string of the molecule is O=C(NC1CCCCC1)c1cccc(/C=C/CNC(=O)C(F)(F)F)c1. The van der Waals surface area contributed by atoms with E-state index in [1.54, 1.807) is 35.7 Å². The molecular formula is C18H21F3N2O2. The number of nitrogens with one attached hydrogen (secondary N) is 2. The van der Waals surface area contributed by atoms with Gasteiger partial charge in [-0.25, -0.2) is 0 Å². The lowest BCUT2D eigenvalue weighted by Gasteiger charge is -2.22. The number of alkyl halides is 3. The molecule has 0 heterocycles. The zero-order valence-corrected chi connectivity index (χ0v) is 13.7. The molecule has 1 saturated carbocycles. The third-order valence-corrected chi connectivity index (χ3v) is 4.04. The summed E-state index contributed by atoms with van der Waals surface area (Å²) in [4.78, 5) is 23.0. The lowest BCUT2D eigenvalue weighted by Crippen LogP contribution is -2.36. The second-order valence-electron chi connectivity index (χ2n) is 6.04. The van der Waals surface area contributed by atoms with Gasteiger partial charge in [0.1, 0.15) is 0 Å². The van der Waals surface area contributed by atoms with Gasteiger partial charge >= 0.3 is 12.1 Å². The standard InChI is InChI=1S/C18H21F3N2O2/c19-18(20,21)17(25)22-11-5-7-13-6-4-8-14(12-13)16(24)23-15-9-2-1-3-10-15/h4-8,12,15H,1-3,9-11H2,(H,22,25)(H,23,24)/b7-5+. The smallest absolute Gasteiger partial charge is 0.349 e. The number of halogens is 3. The Balaban J connectivity index is 1.88. The average molecular weight is 354 g/mol. The molecule has 0 unspecified atom stereocenters. The fourth-order valence-electron chi connectivity index (χ4n) is 2.75. The third kappa shape index (κ3) is 6.25. The van der Waals surface area contributed by atoms with Crippen LogP contribution in [0.2, 0.25) is 0 Å². The molecule has 0 aromatic heterocycles. The minimum Gasteiger partial charge on any atom is -0.349 e. The van der Waals surface area contributed by atoms with Crippen molar-refractivity contribution in [2.75, 3.05) is 6.54 Å². The van der Waals surface area contributed by atoms with Gasteiger partial charge in [-0.05, 0) is 30.5 Å². The second kappa shape index (κ2) is 8.69. The number of carbonyl (C=O) groups is 2. The Kier molecular flexibility index (Phi) is 6.61. The highest BCUT2D eigenvalue weighted by Crippen LogP contribution is 2.18. The summed E-state index contributed by atoms with van der Waals surface area (Å²) in [5.74, 6) is -2.12. The van der Waals surface area contributed by atoms with Gasteiger partial charge in [-0.3, -0.25) is 9.59 Å². The van der Waals surface area contributed by atoms with Crippen LogP contribution in [-0.4, -0.2) is 30.6 Å². The number of benzene rings is 1. The fraction of sp³-hybridized carbons (Fsp3) is 0.444. The van der Waals surface area contributed by atoms with Crippen LogP contribution >= 0.6 is 0 Å². The van der Waals surface area contributed by atoms with Crippen molar-refractivity contribution in [3.8, 4) is 0 Å². The summed E-state index contributed by atoms with van der Waals surface area (Å²) in [5.41, 5.74) is 1.18. The molecule has 1 aromatic rings. The van der Waals surface area contributed by atoms with Crippen molar-refractivity contribution in [1.82, 2.24) is 10.6 Å². The zero-order valence-electron chi connectivity index (χ0n) is 13.7. The minimum absolute atomic E-state index is 0.146. The van der Waals surface area contributed by atoms with Gasteiger partial charge in [-0.1, -0.05) is 43.5 Å². The van der Waals surface area contributed by atoms with Crippen molar-refractivity contribution < 1.29 is 22.8 Å². The van der Waals surface area contributed by atoms with E-state index in [1.807, 2.05) is 0 Å². The Morgan fingerprint density at radius 3 is 2.56 bits per heavy atom. The van der Waals surface area contributed by atoms with E-state index in [0.29, 0.717) is 11.1 Å². The van der Waals surface area contributed by atoms with Crippen LogP contribution in [0.4, 0.5) is 13.2 Å². The maximum atomic E-state index is 12.3. The molecule has 136 valence electrons. The number of carbonyl (C=O) groups excluding carboxylic acids is 2. The fourth-order valence-corrected chi connectivity index (χ4v) is 2.75. The van der Waals surface area contributed by atoms with Crippen LogP contribution in [-0.2, 0) is 4.79 Å². The van der Waals surface area contributed by atoms with Crippen LogP contribution in [0.3, 0.4) is 0 Å². The summed E-state index contributed by atoms with van der Waals surface area (Å²) in [6.07, 6.45) is 3.52. The summed E-state index contributed by atoms with van der Waals surface area (Å²) >= 11 is 0. The molecule has 1 aromatic carbocycles. The quantitative estimate of drug-likeness (QED) is 0.851. The summed E-state index contributed by atoms with van der Waals surface area (Å²) in [6.45, 7) is -0.239. The summed E-state index contributed by atoms with van der Waals surface area (Å²) < 4.78 is 36.2. The summed E-state index contributed by atoms with van der Waals surface area (Å²) in [6, 6.07) is 7.02. The average Bonchev–Trinajstić information content (AvgIpc) is 2.59. The highest BCUT2D eigenvalue weighted by atomic mass is 19.4. The van der Waals surface area contributed by atoms with Crippen molar-refractivity contribution in [2.24, 2.45) is 0 Å². The normalized spacial score (nSPS) is 16.0. The maximum Gasteiger partial charge on any atom is 0.471 e. The molecular weight excluding hydrogens is 333 g/mol. The topological polar surface area (TPSA) is 58.2 Å². The van der Waals surface area contributed by atoms with Crippen LogP contribution in [0, 0.1) is 0 Å². The van der Waals surface area contributed by atoms with Gasteiger partial charge in [0, 0.05) is 18.2 Å². The molecule has 7 heteroatoms. The van der Waals surface area contributed by atoms with Gasteiger partial charge in [-0.15, -0.1) is 0 Å². The third-order valence-electron chi connectivity index (χ3n) is 4.04. The number of amides is 2. The van der Waals surface area contributed by atoms with Crippen LogP contribution in [0.25, 0.3) is 6.08 Å². The molecule has 0 bridgehead atoms. The molecule has 0 atom stereocenters.